The SMILES string of the molecule is Cc1ccc(C(=O)N2CCN3C(=O)[C@@H]([C@H](C)O)NC(=O)[C@H]3C2)cc1F. The second-order valence-electron chi connectivity index (χ2n) is 6.49. The van der Waals surface area contributed by atoms with Gasteiger partial charge in [-0.1, -0.05) is 6.07 Å². The summed E-state index contributed by atoms with van der Waals surface area (Å²) in [6.07, 6.45) is -0.993. The zero-order valence-electron chi connectivity index (χ0n) is 14.0. The van der Waals surface area contributed by atoms with E-state index in [-0.39, 0.29) is 37.0 Å². The van der Waals surface area contributed by atoms with E-state index in [0.717, 1.165) is 0 Å². The van der Waals surface area contributed by atoms with E-state index in [9.17, 15) is 23.9 Å². The zero-order valence-corrected chi connectivity index (χ0v) is 14.0. The van der Waals surface area contributed by atoms with Crippen molar-refractivity contribution in [2.24, 2.45) is 0 Å². The third kappa shape index (κ3) is 3.09. The number of aryl methyl sites for hydroxylation is 1. The van der Waals surface area contributed by atoms with Crippen molar-refractivity contribution < 1.29 is 23.9 Å². The summed E-state index contributed by atoms with van der Waals surface area (Å²) >= 11 is 0. The number of nitrogens with zero attached hydrogens (tertiary/aromatic N) is 2. The molecule has 2 saturated heterocycles. The van der Waals surface area contributed by atoms with Crippen LogP contribution in [0.1, 0.15) is 22.8 Å². The van der Waals surface area contributed by atoms with E-state index < -0.39 is 29.9 Å². The van der Waals surface area contributed by atoms with Crippen LogP contribution in [0.3, 0.4) is 0 Å². The van der Waals surface area contributed by atoms with Gasteiger partial charge in [0.05, 0.1) is 12.6 Å². The lowest BCUT2D eigenvalue weighted by molar-refractivity contribution is -0.155. The molecule has 3 amide bonds. The van der Waals surface area contributed by atoms with Crippen LogP contribution in [0.2, 0.25) is 0 Å². The Hall–Kier alpha value is -2.48. The molecule has 1 aromatic rings. The van der Waals surface area contributed by atoms with Crippen LogP contribution in [0, 0.1) is 12.7 Å². The number of aliphatic hydroxyl groups excluding tert-OH is 1. The smallest absolute Gasteiger partial charge is 0.254 e. The van der Waals surface area contributed by atoms with Crippen molar-refractivity contribution in [1.82, 2.24) is 15.1 Å². The molecule has 0 aliphatic carbocycles. The lowest BCUT2D eigenvalue weighted by Gasteiger charge is -2.45. The molecule has 7 nitrogen and oxygen atoms in total. The molecule has 8 heteroatoms. The summed E-state index contributed by atoms with van der Waals surface area (Å²) in [5.74, 6) is -1.60. The maximum atomic E-state index is 13.7. The Bertz CT molecular complexity index is 737. The Labute approximate surface area is 144 Å². The standard InChI is InChI=1S/C17H20FN3O4/c1-9-3-4-11(7-12(9)18)16(24)20-5-6-21-13(8-20)15(23)19-14(10(2)22)17(21)25/h3-4,7,10,13-14,22H,5-6,8H2,1-2H3,(H,19,23)/t10-,13+,14+/m0/s1. The van der Waals surface area contributed by atoms with Gasteiger partial charge in [-0.15, -0.1) is 0 Å². The molecule has 2 aliphatic rings. The zero-order chi connectivity index (χ0) is 18.3. The monoisotopic (exact) mass is 349 g/mol. The number of hydrogen-bond acceptors (Lipinski definition) is 4. The molecule has 0 spiro atoms. The van der Waals surface area contributed by atoms with E-state index in [1.165, 1.54) is 28.9 Å². The molecular weight excluding hydrogens is 329 g/mol. The number of hydrogen-bond donors (Lipinski definition) is 2. The average molecular weight is 349 g/mol. The van der Waals surface area contributed by atoms with E-state index >= 15 is 0 Å². The van der Waals surface area contributed by atoms with E-state index in [2.05, 4.69) is 5.32 Å². The summed E-state index contributed by atoms with van der Waals surface area (Å²) in [7, 11) is 0. The summed E-state index contributed by atoms with van der Waals surface area (Å²) in [5.41, 5.74) is 0.656. The Kier molecular flexibility index (Phi) is 4.47. The van der Waals surface area contributed by atoms with Crippen LogP contribution in [0.25, 0.3) is 0 Å². The van der Waals surface area contributed by atoms with E-state index in [1.807, 2.05) is 0 Å². The minimum atomic E-state index is -0.993. The van der Waals surface area contributed by atoms with Crippen molar-refractivity contribution >= 4 is 17.7 Å². The average Bonchev–Trinajstić information content (AvgIpc) is 2.59. The summed E-state index contributed by atoms with van der Waals surface area (Å²) in [6, 6.07) is 2.50. The van der Waals surface area contributed by atoms with Crippen LogP contribution >= 0.6 is 0 Å². The van der Waals surface area contributed by atoms with Gasteiger partial charge in [0.15, 0.2) is 0 Å². The second-order valence-corrected chi connectivity index (χ2v) is 6.49. The first-order valence-electron chi connectivity index (χ1n) is 8.14. The van der Waals surface area contributed by atoms with Crippen molar-refractivity contribution in [3.8, 4) is 0 Å². The number of carbonyl (C=O) groups is 3. The molecule has 2 fully saturated rings. The fourth-order valence-corrected chi connectivity index (χ4v) is 3.18. The van der Waals surface area contributed by atoms with Gasteiger partial charge < -0.3 is 20.2 Å². The van der Waals surface area contributed by atoms with Crippen molar-refractivity contribution in [2.45, 2.75) is 32.0 Å². The van der Waals surface area contributed by atoms with Crippen LogP contribution < -0.4 is 5.32 Å². The highest BCUT2D eigenvalue weighted by Crippen LogP contribution is 2.20. The predicted octanol–water partition coefficient (Wildman–Crippen LogP) is -0.334. The first kappa shape index (κ1) is 17.3. The van der Waals surface area contributed by atoms with Gasteiger partial charge in [0.25, 0.3) is 5.91 Å². The molecule has 2 heterocycles. The molecule has 134 valence electrons. The molecule has 0 unspecified atom stereocenters. The third-order valence-electron chi connectivity index (χ3n) is 4.72. The molecule has 0 saturated carbocycles. The first-order chi connectivity index (χ1) is 11.8. The Morgan fingerprint density at radius 3 is 2.72 bits per heavy atom. The van der Waals surface area contributed by atoms with Gasteiger partial charge in [-0.2, -0.15) is 0 Å². The highest BCUT2D eigenvalue weighted by molar-refractivity contribution is 5.99. The summed E-state index contributed by atoms with van der Waals surface area (Å²) in [5, 5.41) is 12.1. The highest BCUT2D eigenvalue weighted by Gasteiger charge is 2.45. The molecular formula is C17H20FN3O4. The number of amides is 3. The quantitative estimate of drug-likeness (QED) is 0.765. The number of aliphatic hydroxyl groups is 1. The van der Waals surface area contributed by atoms with E-state index in [1.54, 1.807) is 13.0 Å². The lowest BCUT2D eigenvalue weighted by Crippen LogP contribution is -2.71. The number of piperazine rings is 2. The van der Waals surface area contributed by atoms with Crippen LogP contribution in [0.4, 0.5) is 4.39 Å². The molecule has 3 atom stereocenters. The Balaban J connectivity index is 1.76. The molecule has 2 aliphatic heterocycles. The topological polar surface area (TPSA) is 90.0 Å². The van der Waals surface area contributed by atoms with Crippen LogP contribution in [-0.2, 0) is 9.59 Å². The van der Waals surface area contributed by atoms with E-state index in [4.69, 9.17) is 0 Å². The van der Waals surface area contributed by atoms with Crippen LogP contribution in [-0.4, -0.2) is 70.4 Å². The Morgan fingerprint density at radius 1 is 1.36 bits per heavy atom. The van der Waals surface area contributed by atoms with E-state index in [0.29, 0.717) is 5.56 Å². The lowest BCUT2D eigenvalue weighted by atomic mass is 10.0. The summed E-state index contributed by atoms with van der Waals surface area (Å²) in [4.78, 5) is 40.1. The van der Waals surface area contributed by atoms with Crippen molar-refractivity contribution in [1.29, 1.82) is 0 Å². The van der Waals surface area contributed by atoms with Gasteiger partial charge in [0.2, 0.25) is 11.8 Å². The maximum absolute atomic E-state index is 13.7. The number of nitrogens with one attached hydrogen (secondary N) is 1. The van der Waals surface area contributed by atoms with Gasteiger partial charge in [-0.05, 0) is 31.5 Å². The van der Waals surface area contributed by atoms with Crippen molar-refractivity contribution in [2.75, 3.05) is 19.6 Å². The normalized spacial score (nSPS) is 24.6. The maximum Gasteiger partial charge on any atom is 0.254 e. The first-order valence-corrected chi connectivity index (χ1v) is 8.14. The third-order valence-corrected chi connectivity index (χ3v) is 4.72. The number of carbonyl (C=O) groups excluding carboxylic acids is 3. The van der Waals surface area contributed by atoms with Gasteiger partial charge in [0, 0.05) is 18.7 Å². The van der Waals surface area contributed by atoms with Gasteiger partial charge in [-0.25, -0.2) is 4.39 Å². The van der Waals surface area contributed by atoms with Crippen LogP contribution in [0.15, 0.2) is 18.2 Å². The molecule has 25 heavy (non-hydrogen) atoms. The number of fused-ring (bicyclic) bond motifs is 1. The summed E-state index contributed by atoms with van der Waals surface area (Å²) in [6.45, 7) is 3.53. The largest absolute Gasteiger partial charge is 0.391 e. The number of halogens is 1. The predicted molar refractivity (Wildman–Crippen MR) is 86.2 cm³/mol. The highest BCUT2D eigenvalue weighted by atomic mass is 19.1. The molecule has 0 aromatic heterocycles. The number of benzene rings is 1. The number of rotatable bonds is 2. The fraction of sp³-hybridized carbons (Fsp3) is 0.471. The van der Waals surface area contributed by atoms with Crippen molar-refractivity contribution in [3.63, 3.8) is 0 Å². The molecule has 0 bridgehead atoms. The van der Waals surface area contributed by atoms with Gasteiger partial charge in [0.1, 0.15) is 17.9 Å². The van der Waals surface area contributed by atoms with Crippen LogP contribution in [0.5, 0.6) is 0 Å². The molecule has 1 aromatic carbocycles. The minimum absolute atomic E-state index is 0.0401. The van der Waals surface area contributed by atoms with Gasteiger partial charge in [-0.3, -0.25) is 14.4 Å². The fourth-order valence-electron chi connectivity index (χ4n) is 3.18. The Morgan fingerprint density at radius 2 is 2.08 bits per heavy atom. The van der Waals surface area contributed by atoms with Crippen molar-refractivity contribution in [3.05, 3.63) is 35.1 Å². The summed E-state index contributed by atoms with van der Waals surface area (Å²) < 4.78 is 13.7. The molecule has 2 N–H and O–H groups in total. The second kappa shape index (κ2) is 6.44. The van der Waals surface area contributed by atoms with Gasteiger partial charge >= 0.3 is 0 Å². The minimum Gasteiger partial charge on any atom is -0.391 e. The molecule has 0 radical (unpaired) electrons. The molecule has 3 rings (SSSR count).